The molecule has 20 heavy (non-hydrogen) atoms. The minimum atomic E-state index is 0.572. The Bertz CT molecular complexity index is 415. The number of aryl methyl sites for hydroxylation is 2. The lowest BCUT2D eigenvalue weighted by Crippen LogP contribution is -2.39. The summed E-state index contributed by atoms with van der Waals surface area (Å²) in [7, 11) is 0. The molecular formula is C17H27NOS. The zero-order valence-electron chi connectivity index (χ0n) is 12.9. The van der Waals surface area contributed by atoms with Gasteiger partial charge in [0.1, 0.15) is 0 Å². The smallest absolute Gasteiger partial charge is 0.0510 e. The van der Waals surface area contributed by atoms with E-state index in [-0.39, 0.29) is 0 Å². The Morgan fingerprint density at radius 3 is 2.95 bits per heavy atom. The van der Waals surface area contributed by atoms with E-state index in [0.29, 0.717) is 12.0 Å². The molecule has 2 atom stereocenters. The molecule has 1 heterocycles. The number of thioether (sulfide) groups is 1. The molecule has 112 valence electrons. The number of benzene rings is 1. The molecular weight excluding hydrogens is 266 g/mol. The Kier molecular flexibility index (Phi) is 6.40. The lowest BCUT2D eigenvalue weighted by molar-refractivity contribution is 0.179. The van der Waals surface area contributed by atoms with Gasteiger partial charge in [0.05, 0.1) is 6.61 Å². The highest BCUT2D eigenvalue weighted by molar-refractivity contribution is 7.99. The monoisotopic (exact) mass is 293 g/mol. The van der Waals surface area contributed by atoms with Crippen LogP contribution in [0.1, 0.15) is 30.9 Å². The van der Waals surface area contributed by atoms with Crippen LogP contribution >= 0.6 is 11.8 Å². The predicted octanol–water partition coefficient (Wildman–Crippen LogP) is 3.80. The third-order valence-corrected chi connectivity index (χ3v) is 5.23. The van der Waals surface area contributed by atoms with Gasteiger partial charge < -0.3 is 10.1 Å². The zero-order chi connectivity index (χ0) is 14.4. The maximum absolute atomic E-state index is 5.56. The number of nitrogens with one attached hydrogen (secondary N) is 1. The molecule has 0 aromatic heterocycles. The Morgan fingerprint density at radius 2 is 2.25 bits per heavy atom. The molecule has 2 unspecified atom stereocenters. The van der Waals surface area contributed by atoms with Crippen LogP contribution in [0.3, 0.4) is 0 Å². The Balaban J connectivity index is 1.94. The molecule has 1 aliphatic heterocycles. The summed E-state index contributed by atoms with van der Waals surface area (Å²) in [6.07, 6.45) is 2.40. The molecule has 0 amide bonds. The number of hydrogen-bond donors (Lipinski definition) is 1. The fourth-order valence-electron chi connectivity index (χ4n) is 2.60. The van der Waals surface area contributed by atoms with Gasteiger partial charge in [-0.2, -0.15) is 0 Å². The Morgan fingerprint density at radius 1 is 1.40 bits per heavy atom. The molecule has 1 fully saturated rings. The van der Waals surface area contributed by atoms with Crippen LogP contribution in [0, 0.1) is 19.8 Å². The lowest BCUT2D eigenvalue weighted by Gasteiger charge is -2.23. The van der Waals surface area contributed by atoms with Crippen molar-refractivity contribution in [2.75, 3.05) is 25.5 Å². The first-order valence-corrected chi connectivity index (χ1v) is 8.70. The summed E-state index contributed by atoms with van der Waals surface area (Å²) in [6, 6.07) is 7.30. The minimum absolute atomic E-state index is 0.572. The van der Waals surface area contributed by atoms with Crippen LogP contribution in [0.15, 0.2) is 23.1 Å². The molecule has 0 bridgehead atoms. The summed E-state index contributed by atoms with van der Waals surface area (Å²) in [6.45, 7) is 9.56. The van der Waals surface area contributed by atoms with Gasteiger partial charge in [-0.3, -0.25) is 0 Å². The van der Waals surface area contributed by atoms with Crippen molar-refractivity contribution in [2.45, 2.75) is 44.6 Å². The minimum Gasteiger partial charge on any atom is -0.381 e. The molecule has 1 aromatic rings. The van der Waals surface area contributed by atoms with Crippen LogP contribution in [0.25, 0.3) is 0 Å². The quantitative estimate of drug-likeness (QED) is 0.773. The van der Waals surface area contributed by atoms with E-state index in [1.807, 2.05) is 11.8 Å². The van der Waals surface area contributed by atoms with E-state index in [0.717, 1.165) is 25.5 Å². The standard InChI is InChI=1S/C17H27NOS/c1-4-8-18-16(15-7-9-19-11-15)12-20-17-10-13(2)5-6-14(17)3/h5-6,10,15-16,18H,4,7-9,11-12H2,1-3H3. The number of rotatable bonds is 7. The van der Waals surface area contributed by atoms with Crippen molar-refractivity contribution in [3.05, 3.63) is 29.3 Å². The number of hydrogen-bond acceptors (Lipinski definition) is 3. The van der Waals surface area contributed by atoms with Crippen molar-refractivity contribution in [3.63, 3.8) is 0 Å². The SMILES string of the molecule is CCCNC(CSc1cc(C)ccc1C)C1CCOC1. The van der Waals surface area contributed by atoms with E-state index >= 15 is 0 Å². The van der Waals surface area contributed by atoms with E-state index in [4.69, 9.17) is 4.74 Å². The summed E-state index contributed by atoms with van der Waals surface area (Å²) < 4.78 is 5.56. The maximum Gasteiger partial charge on any atom is 0.0510 e. The van der Waals surface area contributed by atoms with Crippen molar-refractivity contribution in [1.29, 1.82) is 0 Å². The molecule has 2 rings (SSSR count). The van der Waals surface area contributed by atoms with Crippen molar-refractivity contribution in [2.24, 2.45) is 5.92 Å². The van der Waals surface area contributed by atoms with Gasteiger partial charge in [0.25, 0.3) is 0 Å². The van der Waals surface area contributed by atoms with Gasteiger partial charge in [-0.1, -0.05) is 24.6 Å². The van der Waals surface area contributed by atoms with Crippen molar-refractivity contribution >= 4 is 11.8 Å². The van der Waals surface area contributed by atoms with Crippen LogP contribution in [-0.4, -0.2) is 31.6 Å². The summed E-state index contributed by atoms with van der Waals surface area (Å²) in [5.41, 5.74) is 2.73. The van der Waals surface area contributed by atoms with Gasteiger partial charge in [-0.05, 0) is 44.9 Å². The lowest BCUT2D eigenvalue weighted by atomic mass is 10.0. The van der Waals surface area contributed by atoms with E-state index in [2.05, 4.69) is 44.3 Å². The van der Waals surface area contributed by atoms with Gasteiger partial charge in [0, 0.05) is 29.2 Å². The second-order valence-corrected chi connectivity index (χ2v) is 6.83. The van der Waals surface area contributed by atoms with E-state index < -0.39 is 0 Å². The normalized spacial score (nSPS) is 20.2. The molecule has 1 aromatic carbocycles. The van der Waals surface area contributed by atoms with E-state index in [1.54, 1.807) is 0 Å². The summed E-state index contributed by atoms with van der Waals surface area (Å²) in [4.78, 5) is 1.42. The second-order valence-electron chi connectivity index (χ2n) is 5.76. The molecule has 0 spiro atoms. The second kappa shape index (κ2) is 8.06. The zero-order valence-corrected chi connectivity index (χ0v) is 13.8. The summed E-state index contributed by atoms with van der Waals surface area (Å²) in [5.74, 6) is 1.82. The van der Waals surface area contributed by atoms with E-state index in [1.165, 1.54) is 28.9 Å². The molecule has 3 heteroatoms. The van der Waals surface area contributed by atoms with Crippen molar-refractivity contribution in [3.8, 4) is 0 Å². The Labute approximate surface area is 127 Å². The largest absolute Gasteiger partial charge is 0.381 e. The first kappa shape index (κ1) is 15.9. The molecule has 1 N–H and O–H groups in total. The van der Waals surface area contributed by atoms with E-state index in [9.17, 15) is 0 Å². The van der Waals surface area contributed by atoms with Gasteiger partial charge in [0.15, 0.2) is 0 Å². The molecule has 1 saturated heterocycles. The van der Waals surface area contributed by atoms with Gasteiger partial charge in [-0.25, -0.2) is 0 Å². The third kappa shape index (κ3) is 4.51. The molecule has 0 radical (unpaired) electrons. The topological polar surface area (TPSA) is 21.3 Å². The van der Waals surface area contributed by atoms with Crippen LogP contribution in [-0.2, 0) is 4.74 Å². The highest BCUT2D eigenvalue weighted by Gasteiger charge is 2.25. The first-order chi connectivity index (χ1) is 9.70. The van der Waals surface area contributed by atoms with Crippen LogP contribution in [0.4, 0.5) is 0 Å². The average Bonchev–Trinajstić information content (AvgIpc) is 2.96. The van der Waals surface area contributed by atoms with Crippen LogP contribution in [0.5, 0.6) is 0 Å². The highest BCUT2D eigenvalue weighted by Crippen LogP contribution is 2.27. The number of ether oxygens (including phenoxy) is 1. The Hall–Kier alpha value is -0.510. The molecule has 0 aliphatic carbocycles. The first-order valence-electron chi connectivity index (χ1n) is 7.72. The van der Waals surface area contributed by atoms with Crippen LogP contribution in [0.2, 0.25) is 0 Å². The average molecular weight is 293 g/mol. The van der Waals surface area contributed by atoms with Crippen LogP contribution < -0.4 is 5.32 Å². The fourth-order valence-corrected chi connectivity index (χ4v) is 3.92. The van der Waals surface area contributed by atoms with Crippen molar-refractivity contribution in [1.82, 2.24) is 5.32 Å². The molecule has 0 saturated carbocycles. The summed E-state index contributed by atoms with van der Waals surface area (Å²) >= 11 is 1.99. The van der Waals surface area contributed by atoms with Gasteiger partial charge in [-0.15, -0.1) is 11.8 Å². The fraction of sp³-hybridized carbons (Fsp3) is 0.647. The van der Waals surface area contributed by atoms with Gasteiger partial charge in [0.2, 0.25) is 0 Å². The predicted molar refractivity (Wildman–Crippen MR) is 87.6 cm³/mol. The van der Waals surface area contributed by atoms with Gasteiger partial charge >= 0.3 is 0 Å². The van der Waals surface area contributed by atoms with Crippen molar-refractivity contribution < 1.29 is 4.74 Å². The third-order valence-electron chi connectivity index (χ3n) is 3.95. The maximum atomic E-state index is 5.56. The molecule has 2 nitrogen and oxygen atoms in total. The highest BCUT2D eigenvalue weighted by atomic mass is 32.2. The summed E-state index contributed by atoms with van der Waals surface area (Å²) in [5, 5.41) is 3.71. The molecule has 1 aliphatic rings.